The first-order chi connectivity index (χ1) is 21.1. The summed E-state index contributed by atoms with van der Waals surface area (Å²) in [4.78, 5) is 29.2. The normalized spacial score (nSPS) is 17.3. The van der Waals surface area contributed by atoms with Gasteiger partial charge in [0, 0.05) is 43.1 Å². The number of amides is 1. The Bertz CT molecular complexity index is 1590. The molecule has 1 atom stereocenters. The summed E-state index contributed by atoms with van der Waals surface area (Å²) in [7, 11) is 0. The number of nitrogens with zero attached hydrogens (tertiary/aromatic N) is 2. The number of rotatable bonds is 9. The van der Waals surface area contributed by atoms with Crippen LogP contribution in [-0.4, -0.2) is 43.0 Å². The Kier molecular flexibility index (Phi) is 9.06. The molecule has 1 amide bonds. The van der Waals surface area contributed by atoms with Gasteiger partial charge in [-0.3, -0.25) is 9.69 Å². The molecule has 9 heteroatoms. The Morgan fingerprint density at radius 2 is 1.52 bits per heavy atom. The van der Waals surface area contributed by atoms with E-state index in [9.17, 15) is 27.9 Å². The molecular weight excluding hydrogens is 567 g/mol. The highest BCUT2D eigenvalue weighted by molar-refractivity contribution is 6.08. The number of halogens is 3. The van der Waals surface area contributed by atoms with Crippen molar-refractivity contribution in [2.45, 2.75) is 31.5 Å². The lowest BCUT2D eigenvalue weighted by Crippen LogP contribution is -2.62. The Balaban J connectivity index is 1.35. The Labute approximate surface area is 254 Å². The van der Waals surface area contributed by atoms with Gasteiger partial charge < -0.3 is 20.1 Å². The van der Waals surface area contributed by atoms with Gasteiger partial charge in [0.25, 0.3) is 5.91 Å². The van der Waals surface area contributed by atoms with Crippen LogP contribution in [0.25, 0.3) is 11.1 Å². The smallest absolute Gasteiger partial charge is 0.416 e. The zero-order valence-corrected chi connectivity index (χ0v) is 24.3. The van der Waals surface area contributed by atoms with Crippen molar-refractivity contribution in [2.24, 2.45) is 0 Å². The van der Waals surface area contributed by atoms with Crippen LogP contribution in [-0.2, 0) is 16.5 Å². The number of anilines is 2. The molecule has 1 heterocycles. The van der Waals surface area contributed by atoms with Crippen molar-refractivity contribution < 1.29 is 27.9 Å². The number of carboxylic acids is 1. The summed E-state index contributed by atoms with van der Waals surface area (Å²) >= 11 is 0. The summed E-state index contributed by atoms with van der Waals surface area (Å²) in [6, 6.07) is 29.0. The Morgan fingerprint density at radius 1 is 0.864 bits per heavy atom. The second-order valence-corrected chi connectivity index (χ2v) is 11.0. The van der Waals surface area contributed by atoms with E-state index in [0.717, 1.165) is 36.2 Å². The highest BCUT2D eigenvalue weighted by Gasteiger charge is 2.42. The average Bonchev–Trinajstić information content (AvgIpc) is 3.02. The predicted octanol–water partition coefficient (Wildman–Crippen LogP) is 6.19. The monoisotopic (exact) mass is 600 g/mol. The number of nitrogens with one attached hydrogen (secondary N) is 1. The maximum atomic E-state index is 13.3. The van der Waals surface area contributed by atoms with Crippen LogP contribution >= 0.6 is 0 Å². The summed E-state index contributed by atoms with van der Waals surface area (Å²) < 4.78 is 39.1. The standard InChI is InChI=1S/C35H34F3N3O3/c1-2-20-34(26-8-4-3-5-9-26)24-40(21-22-41(34)23-32(42)43)29-18-16-28(17-19-29)39-33(44)31-11-7-6-10-30(31)25-12-14-27(15-13-25)35(36,37)38/h3-19H,2,20-24H2,1H3,(H,39,44)(H,42,43)/p-1. The fourth-order valence-electron chi connectivity index (χ4n) is 6.10. The lowest BCUT2D eigenvalue weighted by Gasteiger charge is -2.52. The van der Waals surface area contributed by atoms with Crippen LogP contribution < -0.4 is 15.3 Å². The lowest BCUT2D eigenvalue weighted by atomic mass is 9.81. The molecule has 44 heavy (non-hydrogen) atoms. The van der Waals surface area contributed by atoms with Crippen LogP contribution in [0, 0.1) is 0 Å². The average molecular weight is 601 g/mol. The van der Waals surface area contributed by atoms with E-state index >= 15 is 0 Å². The van der Waals surface area contributed by atoms with Crippen LogP contribution in [0.5, 0.6) is 0 Å². The zero-order chi connectivity index (χ0) is 31.3. The van der Waals surface area contributed by atoms with E-state index in [0.29, 0.717) is 42.0 Å². The molecule has 228 valence electrons. The van der Waals surface area contributed by atoms with Crippen molar-refractivity contribution in [3.05, 3.63) is 120 Å². The summed E-state index contributed by atoms with van der Waals surface area (Å²) in [6.07, 6.45) is -2.80. The highest BCUT2D eigenvalue weighted by atomic mass is 19.4. The number of alkyl halides is 3. The SMILES string of the molecule is CCCC1(c2ccccc2)CN(c2ccc(NC(=O)c3ccccc3-c3ccc(C(F)(F)F)cc3)cc2)CCN1CC(=O)[O-]. The first kappa shape index (κ1) is 30.8. The second-order valence-electron chi connectivity index (χ2n) is 11.0. The Hall–Kier alpha value is -4.63. The van der Waals surface area contributed by atoms with E-state index in [2.05, 4.69) is 17.1 Å². The highest BCUT2D eigenvalue weighted by Crippen LogP contribution is 2.39. The maximum absolute atomic E-state index is 13.3. The van der Waals surface area contributed by atoms with Crippen molar-refractivity contribution >= 4 is 23.3 Å². The molecule has 4 aromatic carbocycles. The molecule has 0 radical (unpaired) electrons. The Morgan fingerprint density at radius 3 is 2.16 bits per heavy atom. The molecule has 0 saturated carbocycles. The van der Waals surface area contributed by atoms with Gasteiger partial charge in [0.15, 0.2) is 0 Å². The molecule has 0 bridgehead atoms. The number of carbonyl (C=O) groups is 2. The van der Waals surface area contributed by atoms with Crippen LogP contribution in [0.2, 0.25) is 0 Å². The molecule has 1 N–H and O–H groups in total. The van der Waals surface area contributed by atoms with Gasteiger partial charge >= 0.3 is 6.18 Å². The van der Waals surface area contributed by atoms with Gasteiger partial charge in [-0.2, -0.15) is 13.2 Å². The second kappa shape index (κ2) is 12.9. The minimum absolute atomic E-state index is 0.151. The molecule has 6 nitrogen and oxygen atoms in total. The summed E-state index contributed by atoms with van der Waals surface area (Å²) in [5.41, 5.74) is 2.68. The third kappa shape index (κ3) is 6.63. The number of carbonyl (C=O) groups excluding carboxylic acids is 2. The van der Waals surface area contributed by atoms with E-state index in [4.69, 9.17) is 0 Å². The van der Waals surface area contributed by atoms with Gasteiger partial charge in [-0.1, -0.05) is 74.0 Å². The van der Waals surface area contributed by atoms with Crippen molar-refractivity contribution in [3.63, 3.8) is 0 Å². The molecule has 1 aliphatic heterocycles. The molecule has 0 spiro atoms. The third-order valence-electron chi connectivity index (χ3n) is 8.18. The third-order valence-corrected chi connectivity index (χ3v) is 8.18. The molecule has 5 rings (SSSR count). The molecule has 1 fully saturated rings. The number of piperazine rings is 1. The quantitative estimate of drug-likeness (QED) is 0.248. The fourth-order valence-corrected chi connectivity index (χ4v) is 6.10. The van der Waals surface area contributed by atoms with E-state index in [1.54, 1.807) is 24.3 Å². The molecule has 0 aliphatic carbocycles. The van der Waals surface area contributed by atoms with Gasteiger partial charge in [0.1, 0.15) is 0 Å². The minimum Gasteiger partial charge on any atom is -0.549 e. The largest absolute Gasteiger partial charge is 0.549 e. The molecule has 4 aromatic rings. The van der Waals surface area contributed by atoms with Gasteiger partial charge in [0.05, 0.1) is 17.1 Å². The number of benzene rings is 4. The number of hydrogen-bond acceptors (Lipinski definition) is 5. The van der Waals surface area contributed by atoms with Crippen LogP contribution in [0.15, 0.2) is 103 Å². The fraction of sp³-hybridized carbons (Fsp3) is 0.257. The number of hydrogen-bond donors (Lipinski definition) is 1. The van der Waals surface area contributed by atoms with Crippen molar-refractivity contribution in [1.82, 2.24) is 4.90 Å². The van der Waals surface area contributed by atoms with E-state index in [-0.39, 0.29) is 12.5 Å². The molecule has 0 aromatic heterocycles. The van der Waals surface area contributed by atoms with E-state index < -0.39 is 23.2 Å². The first-order valence-electron chi connectivity index (χ1n) is 14.5. The maximum Gasteiger partial charge on any atom is 0.416 e. The lowest BCUT2D eigenvalue weighted by molar-refractivity contribution is -0.307. The molecule has 1 aliphatic rings. The molecule has 1 unspecified atom stereocenters. The van der Waals surface area contributed by atoms with Gasteiger partial charge in [-0.25, -0.2) is 0 Å². The van der Waals surface area contributed by atoms with Gasteiger partial charge in [-0.05, 0) is 65.6 Å². The van der Waals surface area contributed by atoms with Crippen molar-refractivity contribution in [3.8, 4) is 11.1 Å². The molecule has 1 saturated heterocycles. The summed E-state index contributed by atoms with van der Waals surface area (Å²) in [6.45, 7) is 3.69. The topological polar surface area (TPSA) is 75.7 Å². The van der Waals surface area contributed by atoms with Crippen LogP contribution in [0.1, 0.15) is 41.3 Å². The van der Waals surface area contributed by atoms with Crippen LogP contribution in [0.3, 0.4) is 0 Å². The van der Waals surface area contributed by atoms with Crippen LogP contribution in [0.4, 0.5) is 24.5 Å². The van der Waals surface area contributed by atoms with Crippen molar-refractivity contribution in [2.75, 3.05) is 36.4 Å². The van der Waals surface area contributed by atoms with Crippen molar-refractivity contribution in [1.29, 1.82) is 0 Å². The van der Waals surface area contributed by atoms with Gasteiger partial charge in [-0.15, -0.1) is 0 Å². The predicted molar refractivity (Wildman–Crippen MR) is 163 cm³/mol. The first-order valence-corrected chi connectivity index (χ1v) is 14.5. The summed E-state index contributed by atoms with van der Waals surface area (Å²) in [5.74, 6) is -1.48. The van der Waals surface area contributed by atoms with E-state index in [1.807, 2.05) is 59.5 Å². The molecular formula is C35H33F3N3O3-. The number of carboxylic acid groups (broad SMARTS) is 1. The summed E-state index contributed by atoms with van der Waals surface area (Å²) in [5, 5.41) is 14.6. The minimum atomic E-state index is -4.44. The zero-order valence-electron chi connectivity index (χ0n) is 24.3. The number of aliphatic carboxylic acids is 1. The van der Waals surface area contributed by atoms with E-state index in [1.165, 1.54) is 12.1 Å². The van der Waals surface area contributed by atoms with Gasteiger partial charge in [0.2, 0.25) is 0 Å².